The number of carbonyl (C=O) groups is 1. The van der Waals surface area contributed by atoms with Crippen molar-refractivity contribution in [3.05, 3.63) is 17.5 Å². The molecule has 1 heterocycles. The van der Waals surface area contributed by atoms with Crippen LogP contribution < -0.4 is 5.32 Å². The fourth-order valence-electron chi connectivity index (χ4n) is 2.54. The smallest absolute Gasteiger partial charge is 0.221 e. The highest BCUT2D eigenvalue weighted by Crippen LogP contribution is 2.18. The molecule has 20 heavy (non-hydrogen) atoms. The number of carbonyl (C=O) groups excluding carboxylic acids is 1. The lowest BCUT2D eigenvalue weighted by Gasteiger charge is -2.22. The molecule has 0 aliphatic heterocycles. The zero-order valence-electron chi connectivity index (χ0n) is 12.3. The van der Waals surface area contributed by atoms with E-state index in [4.69, 9.17) is 0 Å². The lowest BCUT2D eigenvalue weighted by Crippen LogP contribution is -2.36. The minimum atomic E-state index is 0.161. The Kier molecular flexibility index (Phi) is 5.83. The maximum absolute atomic E-state index is 11.9. The molecule has 0 bridgehead atoms. The molecule has 0 spiro atoms. The molecule has 5 heteroatoms. The third-order valence-electron chi connectivity index (χ3n) is 3.49. The van der Waals surface area contributed by atoms with Gasteiger partial charge >= 0.3 is 0 Å². The highest BCUT2D eigenvalue weighted by molar-refractivity contribution is 7.99. The van der Waals surface area contributed by atoms with Gasteiger partial charge < -0.3 is 5.32 Å². The Morgan fingerprint density at radius 2 is 1.90 bits per heavy atom. The molecule has 0 aromatic carbocycles. The van der Waals surface area contributed by atoms with Gasteiger partial charge in [-0.05, 0) is 32.8 Å². The van der Waals surface area contributed by atoms with Crippen LogP contribution in [0.1, 0.15) is 49.9 Å². The molecular formula is C15H23N3OS. The number of hydrogen-bond acceptors (Lipinski definition) is 4. The Bertz CT molecular complexity index is 438. The van der Waals surface area contributed by atoms with Crippen LogP contribution >= 0.6 is 11.8 Å². The monoisotopic (exact) mass is 293 g/mol. The van der Waals surface area contributed by atoms with Crippen LogP contribution in [0.5, 0.6) is 0 Å². The van der Waals surface area contributed by atoms with Gasteiger partial charge in [-0.15, -0.1) is 0 Å². The largest absolute Gasteiger partial charge is 0.353 e. The van der Waals surface area contributed by atoms with E-state index in [-0.39, 0.29) is 5.91 Å². The van der Waals surface area contributed by atoms with Crippen molar-refractivity contribution in [1.29, 1.82) is 0 Å². The van der Waals surface area contributed by atoms with Crippen molar-refractivity contribution >= 4 is 17.7 Å². The predicted molar refractivity (Wildman–Crippen MR) is 81.9 cm³/mol. The first-order valence-electron chi connectivity index (χ1n) is 7.38. The first kappa shape index (κ1) is 15.3. The average Bonchev–Trinajstić information content (AvgIpc) is 2.38. The Morgan fingerprint density at radius 1 is 1.25 bits per heavy atom. The van der Waals surface area contributed by atoms with Gasteiger partial charge in [0.25, 0.3) is 0 Å². The van der Waals surface area contributed by atoms with Gasteiger partial charge in [-0.3, -0.25) is 4.79 Å². The molecule has 0 unspecified atom stereocenters. The van der Waals surface area contributed by atoms with Crippen LogP contribution in [0.4, 0.5) is 0 Å². The van der Waals surface area contributed by atoms with Crippen molar-refractivity contribution in [2.45, 2.75) is 63.6 Å². The third kappa shape index (κ3) is 5.12. The van der Waals surface area contributed by atoms with E-state index in [1.807, 2.05) is 19.9 Å². The molecule has 0 saturated heterocycles. The molecular weight excluding hydrogens is 270 g/mol. The second-order valence-corrected chi connectivity index (χ2v) is 6.50. The molecule has 0 radical (unpaired) electrons. The Morgan fingerprint density at radius 3 is 2.55 bits per heavy atom. The van der Waals surface area contributed by atoms with Crippen LogP contribution in [0.15, 0.2) is 11.2 Å². The highest BCUT2D eigenvalue weighted by Gasteiger charge is 2.15. The Balaban J connectivity index is 1.70. The maximum atomic E-state index is 11.9. The molecule has 1 aliphatic carbocycles. The zero-order valence-corrected chi connectivity index (χ0v) is 13.1. The molecule has 0 atom stereocenters. The summed E-state index contributed by atoms with van der Waals surface area (Å²) in [6, 6.07) is 2.36. The van der Waals surface area contributed by atoms with Crippen molar-refractivity contribution in [3.8, 4) is 0 Å². The van der Waals surface area contributed by atoms with Gasteiger partial charge in [0.05, 0.1) is 0 Å². The summed E-state index contributed by atoms with van der Waals surface area (Å²) in [5, 5.41) is 3.91. The van der Waals surface area contributed by atoms with Crippen molar-refractivity contribution in [2.75, 3.05) is 5.75 Å². The van der Waals surface area contributed by atoms with Gasteiger partial charge in [-0.2, -0.15) is 0 Å². The lowest BCUT2D eigenvalue weighted by molar-refractivity contribution is -0.121. The summed E-state index contributed by atoms with van der Waals surface area (Å²) in [4.78, 5) is 20.6. The van der Waals surface area contributed by atoms with Crippen LogP contribution in [0.2, 0.25) is 0 Å². The second-order valence-electron chi connectivity index (χ2n) is 5.43. The third-order valence-corrected chi connectivity index (χ3v) is 4.34. The van der Waals surface area contributed by atoms with E-state index in [9.17, 15) is 4.79 Å². The van der Waals surface area contributed by atoms with Crippen LogP contribution in [0, 0.1) is 13.8 Å². The summed E-state index contributed by atoms with van der Waals surface area (Å²) in [7, 11) is 0. The van der Waals surface area contributed by atoms with E-state index in [1.165, 1.54) is 19.3 Å². The van der Waals surface area contributed by atoms with Crippen molar-refractivity contribution < 1.29 is 4.79 Å². The van der Waals surface area contributed by atoms with E-state index in [0.29, 0.717) is 12.5 Å². The topological polar surface area (TPSA) is 54.9 Å². The van der Waals surface area contributed by atoms with Gasteiger partial charge in [-0.1, -0.05) is 31.0 Å². The fraction of sp³-hybridized carbons (Fsp3) is 0.667. The molecule has 4 nitrogen and oxygen atoms in total. The number of hydrogen-bond donors (Lipinski definition) is 1. The standard InChI is InChI=1S/C15H23N3OS/c1-11-10-12(2)17-15(16-11)20-9-8-14(19)18-13-6-4-3-5-7-13/h10,13H,3-9H2,1-2H3,(H,18,19). The van der Waals surface area contributed by atoms with Gasteiger partial charge in [0.2, 0.25) is 5.91 Å². The molecule has 1 aromatic rings. The first-order valence-corrected chi connectivity index (χ1v) is 8.36. The van der Waals surface area contributed by atoms with Gasteiger partial charge in [0, 0.05) is 29.6 Å². The fourth-order valence-corrected chi connectivity index (χ4v) is 3.43. The number of thioether (sulfide) groups is 1. The number of nitrogens with one attached hydrogen (secondary N) is 1. The molecule has 1 amide bonds. The summed E-state index contributed by atoms with van der Waals surface area (Å²) in [5.41, 5.74) is 1.96. The number of aromatic nitrogens is 2. The molecule has 110 valence electrons. The van der Waals surface area contributed by atoms with Crippen LogP contribution in [0.25, 0.3) is 0 Å². The van der Waals surface area contributed by atoms with E-state index >= 15 is 0 Å². The van der Waals surface area contributed by atoms with Gasteiger partial charge in [0.15, 0.2) is 5.16 Å². The van der Waals surface area contributed by atoms with Crippen molar-refractivity contribution in [2.24, 2.45) is 0 Å². The molecule has 2 rings (SSSR count). The van der Waals surface area contributed by atoms with E-state index in [1.54, 1.807) is 11.8 Å². The highest BCUT2D eigenvalue weighted by atomic mass is 32.2. The first-order chi connectivity index (χ1) is 9.63. The predicted octanol–water partition coefficient (Wildman–Crippen LogP) is 3.02. The number of nitrogens with zero attached hydrogens (tertiary/aromatic N) is 2. The number of rotatable bonds is 5. The van der Waals surface area contributed by atoms with Gasteiger partial charge in [0.1, 0.15) is 0 Å². The molecule has 1 saturated carbocycles. The quantitative estimate of drug-likeness (QED) is 0.670. The van der Waals surface area contributed by atoms with E-state index in [2.05, 4.69) is 15.3 Å². The van der Waals surface area contributed by atoms with Crippen LogP contribution in [-0.2, 0) is 4.79 Å². The SMILES string of the molecule is Cc1cc(C)nc(SCCC(=O)NC2CCCCC2)n1. The number of aryl methyl sites for hydroxylation is 2. The molecule has 1 aromatic heterocycles. The minimum Gasteiger partial charge on any atom is -0.353 e. The lowest BCUT2D eigenvalue weighted by atomic mass is 9.95. The summed E-state index contributed by atoms with van der Waals surface area (Å²) in [6.07, 6.45) is 6.62. The molecule has 1 aliphatic rings. The van der Waals surface area contributed by atoms with Crippen molar-refractivity contribution in [1.82, 2.24) is 15.3 Å². The van der Waals surface area contributed by atoms with E-state index in [0.717, 1.165) is 35.1 Å². The maximum Gasteiger partial charge on any atom is 0.221 e. The van der Waals surface area contributed by atoms with Crippen LogP contribution in [-0.4, -0.2) is 27.7 Å². The van der Waals surface area contributed by atoms with E-state index < -0.39 is 0 Å². The average molecular weight is 293 g/mol. The summed E-state index contributed by atoms with van der Waals surface area (Å²) in [6.45, 7) is 3.93. The Labute approximate surface area is 125 Å². The van der Waals surface area contributed by atoms with Crippen LogP contribution in [0.3, 0.4) is 0 Å². The molecule has 1 N–H and O–H groups in total. The number of amides is 1. The minimum absolute atomic E-state index is 0.161. The van der Waals surface area contributed by atoms with Crippen molar-refractivity contribution in [3.63, 3.8) is 0 Å². The Hall–Kier alpha value is -1.10. The molecule has 1 fully saturated rings. The zero-order chi connectivity index (χ0) is 14.4. The summed E-state index contributed by atoms with van der Waals surface area (Å²) < 4.78 is 0. The summed E-state index contributed by atoms with van der Waals surface area (Å²) >= 11 is 1.56. The normalized spacial score (nSPS) is 16.1. The van der Waals surface area contributed by atoms with Gasteiger partial charge in [-0.25, -0.2) is 9.97 Å². The second kappa shape index (κ2) is 7.62. The summed E-state index contributed by atoms with van der Waals surface area (Å²) in [5.74, 6) is 0.898.